The van der Waals surface area contributed by atoms with Crippen LogP contribution in [0.1, 0.15) is 74.5 Å². The minimum atomic E-state index is -1.95. The van der Waals surface area contributed by atoms with Gasteiger partial charge in [0.2, 0.25) is 0 Å². The SMILES string of the molecule is C=CC[C@@H](C)OC(=O)c1c(C)cc(C)c(Cl)c1CC(=O)/C=C/C[C@@H](/C=C/C)O[Si](C)(C)C(C)(C)C. The van der Waals surface area contributed by atoms with E-state index in [-0.39, 0.29) is 29.5 Å². The zero-order chi connectivity index (χ0) is 27.0. The Hall–Kier alpha value is -1.95. The molecule has 0 fully saturated rings. The first-order valence-corrected chi connectivity index (χ1v) is 15.5. The number of rotatable bonds is 12. The van der Waals surface area contributed by atoms with Crippen LogP contribution in [0.25, 0.3) is 0 Å². The largest absolute Gasteiger partial charge is 0.459 e. The maximum absolute atomic E-state index is 12.9. The number of aryl methyl sites for hydroxylation is 2. The van der Waals surface area contributed by atoms with Gasteiger partial charge in [0.1, 0.15) is 6.10 Å². The molecule has 0 saturated heterocycles. The molecule has 1 aromatic carbocycles. The zero-order valence-electron chi connectivity index (χ0n) is 23.0. The number of carbonyl (C=O) groups is 2. The molecule has 0 amide bonds. The lowest BCUT2D eigenvalue weighted by atomic mass is 9.95. The Kier molecular flexibility index (Phi) is 11.9. The predicted octanol–water partition coefficient (Wildman–Crippen LogP) is 8.10. The summed E-state index contributed by atoms with van der Waals surface area (Å²) in [5, 5.41) is 0.522. The van der Waals surface area contributed by atoms with E-state index >= 15 is 0 Å². The van der Waals surface area contributed by atoms with Gasteiger partial charge in [-0.15, -0.1) is 6.58 Å². The molecule has 2 atom stereocenters. The highest BCUT2D eigenvalue weighted by atomic mass is 35.5. The predicted molar refractivity (Wildman–Crippen MR) is 150 cm³/mol. The lowest BCUT2D eigenvalue weighted by Crippen LogP contribution is -2.43. The van der Waals surface area contributed by atoms with E-state index in [1.807, 2.05) is 52.0 Å². The molecule has 0 radical (unpaired) electrons. The summed E-state index contributed by atoms with van der Waals surface area (Å²) in [7, 11) is -1.95. The maximum atomic E-state index is 12.9. The Morgan fingerprint density at radius 2 is 1.80 bits per heavy atom. The summed E-state index contributed by atoms with van der Waals surface area (Å²) < 4.78 is 12.1. The van der Waals surface area contributed by atoms with Crippen molar-refractivity contribution in [3.05, 3.63) is 70.3 Å². The van der Waals surface area contributed by atoms with E-state index in [0.29, 0.717) is 29.0 Å². The van der Waals surface area contributed by atoms with Gasteiger partial charge in [-0.3, -0.25) is 4.79 Å². The molecule has 0 N–H and O–H groups in total. The number of ether oxygens (including phenoxy) is 1. The molecule has 0 aromatic heterocycles. The second-order valence-corrected chi connectivity index (χ2v) is 15.8. The summed E-state index contributed by atoms with van der Waals surface area (Å²) >= 11 is 6.57. The van der Waals surface area contributed by atoms with Gasteiger partial charge in [0, 0.05) is 17.9 Å². The molecule has 0 bridgehead atoms. The van der Waals surface area contributed by atoms with Crippen molar-refractivity contribution in [2.24, 2.45) is 0 Å². The third-order valence-electron chi connectivity index (χ3n) is 6.43. The van der Waals surface area contributed by atoms with Crippen LogP contribution < -0.4 is 0 Å². The van der Waals surface area contributed by atoms with Gasteiger partial charge < -0.3 is 9.16 Å². The normalized spacial score (nSPS) is 14.3. The van der Waals surface area contributed by atoms with Crippen LogP contribution in [0.2, 0.25) is 23.2 Å². The first-order chi connectivity index (χ1) is 16.1. The van der Waals surface area contributed by atoms with Crippen molar-refractivity contribution in [3.8, 4) is 0 Å². The molecule has 0 unspecified atom stereocenters. The molecule has 0 aliphatic rings. The van der Waals surface area contributed by atoms with Gasteiger partial charge in [0.25, 0.3) is 0 Å². The number of benzene rings is 1. The molecular weight excluding hydrogens is 476 g/mol. The minimum absolute atomic E-state index is 0.0233. The highest BCUT2D eigenvalue weighted by Crippen LogP contribution is 2.38. The van der Waals surface area contributed by atoms with Crippen LogP contribution in [-0.2, 0) is 20.4 Å². The second kappa shape index (κ2) is 13.4. The molecule has 0 aliphatic heterocycles. The summed E-state index contributed by atoms with van der Waals surface area (Å²) in [5.41, 5.74) is 2.44. The molecule has 1 rings (SSSR count). The van der Waals surface area contributed by atoms with Crippen molar-refractivity contribution in [3.63, 3.8) is 0 Å². The van der Waals surface area contributed by atoms with Gasteiger partial charge in [0.05, 0.1) is 11.7 Å². The van der Waals surface area contributed by atoms with E-state index in [2.05, 4.69) is 40.4 Å². The average molecular weight is 519 g/mol. The molecular formula is C29H43ClO4Si. The Morgan fingerprint density at radius 1 is 1.17 bits per heavy atom. The highest BCUT2D eigenvalue weighted by molar-refractivity contribution is 6.74. The molecule has 0 spiro atoms. The third-order valence-corrected chi connectivity index (χ3v) is 11.5. The molecule has 1 aromatic rings. The number of hydrogen-bond donors (Lipinski definition) is 0. The number of hydrogen-bond acceptors (Lipinski definition) is 4. The topological polar surface area (TPSA) is 52.6 Å². The van der Waals surface area contributed by atoms with Gasteiger partial charge in [-0.25, -0.2) is 4.79 Å². The van der Waals surface area contributed by atoms with E-state index in [1.165, 1.54) is 0 Å². The molecule has 0 heterocycles. The monoisotopic (exact) mass is 518 g/mol. The summed E-state index contributed by atoms with van der Waals surface area (Å²) in [4.78, 5) is 25.9. The highest BCUT2D eigenvalue weighted by Gasteiger charge is 2.38. The van der Waals surface area contributed by atoms with Crippen LogP contribution in [0.15, 0.2) is 43.0 Å². The molecule has 0 saturated carbocycles. The fourth-order valence-electron chi connectivity index (χ4n) is 3.52. The molecule has 35 heavy (non-hydrogen) atoms. The van der Waals surface area contributed by atoms with Crippen molar-refractivity contribution >= 4 is 31.7 Å². The quantitative estimate of drug-likeness (QED) is 0.121. The van der Waals surface area contributed by atoms with E-state index in [1.54, 1.807) is 12.2 Å². The van der Waals surface area contributed by atoms with E-state index in [0.717, 1.165) is 11.1 Å². The number of carbonyl (C=O) groups excluding carboxylic acids is 2. The summed E-state index contributed by atoms with van der Waals surface area (Å²) in [6.45, 7) is 22.2. The van der Waals surface area contributed by atoms with Gasteiger partial charge in [-0.2, -0.15) is 0 Å². The number of ketones is 1. The Balaban J connectivity index is 3.09. The van der Waals surface area contributed by atoms with Crippen molar-refractivity contribution in [1.29, 1.82) is 0 Å². The van der Waals surface area contributed by atoms with Crippen molar-refractivity contribution < 1.29 is 18.8 Å². The van der Waals surface area contributed by atoms with Crippen LogP contribution in [0.5, 0.6) is 0 Å². The third kappa shape index (κ3) is 9.21. The Bertz CT molecular complexity index is 970. The minimum Gasteiger partial charge on any atom is -0.459 e. The number of halogens is 1. The summed E-state index contributed by atoms with van der Waals surface area (Å²) in [6.07, 6.45) is 9.90. The van der Waals surface area contributed by atoms with Crippen LogP contribution in [-0.4, -0.2) is 32.3 Å². The van der Waals surface area contributed by atoms with E-state index in [4.69, 9.17) is 20.8 Å². The van der Waals surface area contributed by atoms with Crippen LogP contribution >= 0.6 is 11.6 Å². The van der Waals surface area contributed by atoms with Crippen molar-refractivity contribution in [2.45, 2.75) is 98.1 Å². The average Bonchev–Trinajstić information content (AvgIpc) is 2.70. The Labute approximate surface area is 218 Å². The number of esters is 1. The fraction of sp³-hybridized carbons (Fsp3) is 0.517. The first kappa shape index (κ1) is 31.1. The Morgan fingerprint density at radius 3 is 2.34 bits per heavy atom. The van der Waals surface area contributed by atoms with Gasteiger partial charge >= 0.3 is 5.97 Å². The summed E-state index contributed by atoms with van der Waals surface area (Å²) in [5.74, 6) is -0.599. The maximum Gasteiger partial charge on any atom is 0.339 e. The summed E-state index contributed by atoms with van der Waals surface area (Å²) in [6, 6.07) is 1.85. The zero-order valence-corrected chi connectivity index (χ0v) is 24.7. The van der Waals surface area contributed by atoms with Crippen molar-refractivity contribution in [2.75, 3.05) is 0 Å². The second-order valence-electron chi connectivity index (χ2n) is 10.6. The van der Waals surface area contributed by atoms with Crippen LogP contribution in [0.4, 0.5) is 0 Å². The van der Waals surface area contributed by atoms with E-state index < -0.39 is 14.3 Å². The molecule has 0 aliphatic carbocycles. The van der Waals surface area contributed by atoms with Gasteiger partial charge in [0.15, 0.2) is 14.1 Å². The lowest BCUT2D eigenvalue weighted by Gasteiger charge is -2.38. The standard InChI is InChI=1S/C29H43ClO4Si/c1-11-14-22(5)33-28(32)26-20(3)18-21(4)27(30)25(26)19-23(31)16-13-17-24(15-12-2)34-35(9,10)29(6,7)8/h11-13,15-16,18,22,24H,1,14,17,19H2,2-10H3/b15-12+,16-13+/t22-,24-/m1/s1. The van der Waals surface area contributed by atoms with Crippen LogP contribution in [0.3, 0.4) is 0 Å². The smallest absolute Gasteiger partial charge is 0.339 e. The molecule has 6 heteroatoms. The number of allylic oxidation sites excluding steroid dienone is 2. The van der Waals surface area contributed by atoms with Gasteiger partial charge in [-0.1, -0.05) is 62.7 Å². The van der Waals surface area contributed by atoms with Crippen molar-refractivity contribution in [1.82, 2.24) is 0 Å². The van der Waals surface area contributed by atoms with Crippen LogP contribution in [0, 0.1) is 13.8 Å². The molecule has 4 nitrogen and oxygen atoms in total. The first-order valence-electron chi connectivity index (χ1n) is 12.2. The van der Waals surface area contributed by atoms with E-state index in [9.17, 15) is 9.59 Å². The molecule has 194 valence electrons. The fourth-order valence-corrected chi connectivity index (χ4v) is 5.02. The van der Waals surface area contributed by atoms with Gasteiger partial charge in [-0.05, 0) is 75.0 Å². The lowest BCUT2D eigenvalue weighted by molar-refractivity contribution is -0.114.